The van der Waals surface area contributed by atoms with Crippen LogP contribution < -0.4 is 5.32 Å². The number of nitrogens with zero attached hydrogens (tertiary/aromatic N) is 1. The van der Waals surface area contributed by atoms with Gasteiger partial charge in [0.15, 0.2) is 0 Å². The highest BCUT2D eigenvalue weighted by molar-refractivity contribution is 7.09. The summed E-state index contributed by atoms with van der Waals surface area (Å²) in [6.45, 7) is 5.44. The summed E-state index contributed by atoms with van der Waals surface area (Å²) in [5.41, 5.74) is 1.22. The highest BCUT2D eigenvalue weighted by atomic mass is 32.1. The third-order valence-electron chi connectivity index (χ3n) is 2.33. The van der Waals surface area contributed by atoms with Gasteiger partial charge in [-0.3, -0.25) is 0 Å². The number of hydrogen-bond acceptors (Lipinski definition) is 3. The van der Waals surface area contributed by atoms with E-state index in [-0.39, 0.29) is 0 Å². The first-order valence-electron chi connectivity index (χ1n) is 5.40. The molecular formula is C11H18N2S. The van der Waals surface area contributed by atoms with Crippen molar-refractivity contribution < 1.29 is 0 Å². The Morgan fingerprint density at radius 2 is 2.36 bits per heavy atom. The molecule has 0 saturated heterocycles. The molecule has 0 aromatic carbocycles. The fraction of sp³-hybridized carbons (Fsp3) is 0.727. The molecule has 14 heavy (non-hydrogen) atoms. The molecule has 78 valence electrons. The zero-order valence-corrected chi connectivity index (χ0v) is 9.73. The summed E-state index contributed by atoms with van der Waals surface area (Å²) in [6.07, 6.45) is 3.82. The van der Waals surface area contributed by atoms with E-state index >= 15 is 0 Å². The van der Waals surface area contributed by atoms with Crippen LogP contribution in [0.25, 0.3) is 0 Å². The predicted octanol–water partition coefficient (Wildman–Crippen LogP) is 2.59. The van der Waals surface area contributed by atoms with E-state index in [2.05, 4.69) is 29.5 Å². The number of rotatable bonds is 5. The second-order valence-electron chi connectivity index (χ2n) is 4.49. The van der Waals surface area contributed by atoms with Gasteiger partial charge in [-0.2, -0.15) is 0 Å². The van der Waals surface area contributed by atoms with Crippen LogP contribution in [0.15, 0.2) is 5.38 Å². The first kappa shape index (κ1) is 10.1. The standard InChI is InChI=1S/C11H18N2S/c1-8(2)5-11-13-10(7-14-11)6-12-9-3-4-9/h7-9,12H,3-6H2,1-2H3. The van der Waals surface area contributed by atoms with E-state index in [1.165, 1.54) is 23.5 Å². The fourth-order valence-corrected chi connectivity index (χ4v) is 2.42. The maximum atomic E-state index is 4.61. The minimum absolute atomic E-state index is 0.713. The Balaban J connectivity index is 1.81. The molecule has 0 amide bonds. The molecule has 2 nitrogen and oxygen atoms in total. The van der Waals surface area contributed by atoms with Crippen LogP contribution in [0, 0.1) is 5.92 Å². The topological polar surface area (TPSA) is 24.9 Å². The lowest BCUT2D eigenvalue weighted by Gasteiger charge is -1.99. The second-order valence-corrected chi connectivity index (χ2v) is 5.43. The normalized spacial score (nSPS) is 16.5. The van der Waals surface area contributed by atoms with Gasteiger partial charge < -0.3 is 5.32 Å². The monoisotopic (exact) mass is 210 g/mol. The van der Waals surface area contributed by atoms with Crippen LogP contribution in [-0.4, -0.2) is 11.0 Å². The lowest BCUT2D eigenvalue weighted by atomic mass is 10.1. The van der Waals surface area contributed by atoms with Crippen molar-refractivity contribution in [1.82, 2.24) is 10.3 Å². The smallest absolute Gasteiger partial charge is 0.0931 e. The first-order valence-corrected chi connectivity index (χ1v) is 6.28. The van der Waals surface area contributed by atoms with Crippen molar-refractivity contribution in [3.63, 3.8) is 0 Å². The third-order valence-corrected chi connectivity index (χ3v) is 3.25. The van der Waals surface area contributed by atoms with Crippen molar-refractivity contribution in [2.24, 2.45) is 5.92 Å². The van der Waals surface area contributed by atoms with E-state index < -0.39 is 0 Å². The van der Waals surface area contributed by atoms with Crippen molar-refractivity contribution in [3.8, 4) is 0 Å². The number of aromatic nitrogens is 1. The van der Waals surface area contributed by atoms with E-state index in [0.717, 1.165) is 19.0 Å². The van der Waals surface area contributed by atoms with Gasteiger partial charge in [0.05, 0.1) is 10.7 Å². The molecule has 0 radical (unpaired) electrons. The molecule has 0 spiro atoms. The highest BCUT2D eigenvalue weighted by Gasteiger charge is 2.20. The number of hydrogen-bond donors (Lipinski definition) is 1. The van der Waals surface area contributed by atoms with Crippen molar-refractivity contribution in [2.75, 3.05) is 0 Å². The van der Waals surface area contributed by atoms with Crippen LogP contribution >= 0.6 is 11.3 Å². The Bertz CT molecular complexity index is 289. The molecule has 1 aliphatic carbocycles. The maximum absolute atomic E-state index is 4.61. The maximum Gasteiger partial charge on any atom is 0.0931 e. The van der Waals surface area contributed by atoms with Gasteiger partial charge in [-0.25, -0.2) is 4.98 Å². The summed E-state index contributed by atoms with van der Waals surface area (Å²) < 4.78 is 0. The molecule has 0 atom stereocenters. The van der Waals surface area contributed by atoms with Gasteiger partial charge in [-0.1, -0.05) is 13.8 Å². The van der Waals surface area contributed by atoms with Crippen LogP contribution in [0.3, 0.4) is 0 Å². The number of nitrogens with one attached hydrogen (secondary N) is 1. The first-order chi connectivity index (χ1) is 6.74. The van der Waals surface area contributed by atoms with Crippen LogP contribution in [0.1, 0.15) is 37.4 Å². The van der Waals surface area contributed by atoms with E-state index in [1.807, 2.05) is 0 Å². The van der Waals surface area contributed by atoms with Crippen molar-refractivity contribution >= 4 is 11.3 Å². The number of thiazole rings is 1. The largest absolute Gasteiger partial charge is 0.308 e. The Labute approximate surface area is 89.8 Å². The van der Waals surface area contributed by atoms with Gasteiger partial charge in [0.25, 0.3) is 0 Å². The summed E-state index contributed by atoms with van der Waals surface area (Å²) in [5.74, 6) is 0.713. The molecule has 1 heterocycles. The molecule has 1 aliphatic rings. The minimum atomic E-state index is 0.713. The van der Waals surface area contributed by atoms with Crippen molar-refractivity contribution in [3.05, 3.63) is 16.1 Å². The van der Waals surface area contributed by atoms with Gasteiger partial charge in [0, 0.05) is 24.4 Å². The summed E-state index contributed by atoms with van der Waals surface area (Å²) in [6, 6.07) is 0.783. The molecule has 3 heteroatoms. The Hall–Kier alpha value is -0.410. The van der Waals surface area contributed by atoms with Crippen LogP contribution in [-0.2, 0) is 13.0 Å². The van der Waals surface area contributed by atoms with Gasteiger partial charge in [0.2, 0.25) is 0 Å². The van der Waals surface area contributed by atoms with Crippen LogP contribution in [0.5, 0.6) is 0 Å². The zero-order valence-electron chi connectivity index (χ0n) is 8.92. The molecule has 1 aromatic heterocycles. The Morgan fingerprint density at radius 3 is 3.00 bits per heavy atom. The highest BCUT2D eigenvalue weighted by Crippen LogP contribution is 2.20. The summed E-state index contributed by atoms with van der Waals surface area (Å²) >= 11 is 1.80. The van der Waals surface area contributed by atoms with Crippen LogP contribution in [0.4, 0.5) is 0 Å². The van der Waals surface area contributed by atoms with E-state index in [0.29, 0.717) is 5.92 Å². The molecule has 0 aliphatic heterocycles. The quantitative estimate of drug-likeness (QED) is 0.808. The molecule has 1 fully saturated rings. The molecular weight excluding hydrogens is 192 g/mol. The van der Waals surface area contributed by atoms with E-state index in [1.54, 1.807) is 11.3 Å². The second kappa shape index (κ2) is 4.41. The predicted molar refractivity (Wildman–Crippen MR) is 60.5 cm³/mol. The van der Waals surface area contributed by atoms with Gasteiger partial charge in [-0.05, 0) is 18.8 Å². The molecule has 0 unspecified atom stereocenters. The SMILES string of the molecule is CC(C)Cc1nc(CNC2CC2)cs1. The molecule has 0 bridgehead atoms. The van der Waals surface area contributed by atoms with Crippen LogP contribution in [0.2, 0.25) is 0 Å². The molecule has 2 rings (SSSR count). The molecule has 1 aromatic rings. The van der Waals surface area contributed by atoms with E-state index in [4.69, 9.17) is 0 Å². The summed E-state index contributed by atoms with van der Waals surface area (Å²) in [7, 11) is 0. The minimum Gasteiger partial charge on any atom is -0.308 e. The average Bonchev–Trinajstić information content (AvgIpc) is 2.84. The van der Waals surface area contributed by atoms with Crippen molar-refractivity contribution in [1.29, 1.82) is 0 Å². The van der Waals surface area contributed by atoms with E-state index in [9.17, 15) is 0 Å². The van der Waals surface area contributed by atoms with Gasteiger partial charge in [-0.15, -0.1) is 11.3 Å². The lowest BCUT2D eigenvalue weighted by Crippen LogP contribution is -2.15. The summed E-state index contributed by atoms with van der Waals surface area (Å²) in [4.78, 5) is 4.61. The Morgan fingerprint density at radius 1 is 1.57 bits per heavy atom. The van der Waals surface area contributed by atoms with Gasteiger partial charge in [0.1, 0.15) is 0 Å². The average molecular weight is 210 g/mol. The fourth-order valence-electron chi connectivity index (χ4n) is 1.41. The lowest BCUT2D eigenvalue weighted by molar-refractivity contribution is 0.636. The van der Waals surface area contributed by atoms with Crippen molar-refractivity contribution in [2.45, 2.75) is 45.7 Å². The molecule has 1 saturated carbocycles. The molecule has 1 N–H and O–H groups in total. The summed E-state index contributed by atoms with van der Waals surface area (Å²) in [5, 5.41) is 6.96. The Kier molecular flexibility index (Phi) is 3.19. The third kappa shape index (κ3) is 3.07. The van der Waals surface area contributed by atoms with Gasteiger partial charge >= 0.3 is 0 Å². The zero-order chi connectivity index (χ0) is 9.97.